The largest absolute Gasteiger partial charge is 0.468 e. The maximum atomic E-state index is 5.00. The molecule has 1 N–H and O–H groups in total. The zero-order chi connectivity index (χ0) is 10.8. The molecule has 2 rings (SSSR count). The summed E-state index contributed by atoms with van der Waals surface area (Å²) in [6.45, 7) is 2.04. The number of nitrogens with one attached hydrogen (secondary N) is 1. The van der Waals surface area contributed by atoms with Crippen LogP contribution in [0.4, 0.5) is 0 Å². The summed E-state index contributed by atoms with van der Waals surface area (Å²) in [7, 11) is 1.54. The molecule has 0 spiro atoms. The zero-order valence-electron chi connectivity index (χ0n) is 8.27. The molecule has 0 saturated carbocycles. The van der Waals surface area contributed by atoms with Crippen LogP contribution in [0.2, 0.25) is 0 Å². The molecule has 2 heterocycles. The van der Waals surface area contributed by atoms with Gasteiger partial charge in [0.05, 0.1) is 12.0 Å². The Hall–Kier alpha value is -1.27. The van der Waals surface area contributed by atoms with Crippen LogP contribution in [0, 0.1) is 11.7 Å². The van der Waals surface area contributed by atoms with E-state index in [-0.39, 0.29) is 4.77 Å². The molecule has 6 heteroatoms. The van der Waals surface area contributed by atoms with Gasteiger partial charge >= 0.3 is 0 Å². The molecular formula is C9H9N3OS2. The van der Waals surface area contributed by atoms with Crippen molar-refractivity contribution in [3.05, 3.63) is 21.8 Å². The van der Waals surface area contributed by atoms with Crippen molar-refractivity contribution in [2.45, 2.75) is 6.92 Å². The van der Waals surface area contributed by atoms with Crippen molar-refractivity contribution < 1.29 is 4.74 Å². The van der Waals surface area contributed by atoms with Crippen molar-refractivity contribution in [1.82, 2.24) is 15.0 Å². The lowest BCUT2D eigenvalue weighted by Gasteiger charge is -2.00. The molecule has 15 heavy (non-hydrogen) atoms. The van der Waals surface area contributed by atoms with E-state index in [1.165, 1.54) is 12.0 Å². The first-order valence-electron chi connectivity index (χ1n) is 4.28. The minimum absolute atomic E-state index is 0.284. The second-order valence-corrected chi connectivity index (χ2v) is 4.55. The van der Waals surface area contributed by atoms with Crippen molar-refractivity contribution >= 4 is 23.6 Å². The summed E-state index contributed by atoms with van der Waals surface area (Å²) >= 11 is 6.59. The Bertz CT molecular complexity index is 532. The van der Waals surface area contributed by atoms with Crippen LogP contribution in [0.15, 0.2) is 12.1 Å². The van der Waals surface area contributed by atoms with E-state index in [0.717, 1.165) is 4.88 Å². The summed E-state index contributed by atoms with van der Waals surface area (Å²) in [5.41, 5.74) is 0. The molecule has 0 amide bonds. The molecule has 0 aliphatic carbocycles. The van der Waals surface area contributed by atoms with Gasteiger partial charge in [-0.1, -0.05) is 0 Å². The first-order valence-corrected chi connectivity index (χ1v) is 5.50. The van der Waals surface area contributed by atoms with Gasteiger partial charge in [-0.05, 0) is 31.3 Å². The third kappa shape index (κ3) is 2.21. The van der Waals surface area contributed by atoms with Crippen LogP contribution in [0.25, 0.3) is 10.7 Å². The van der Waals surface area contributed by atoms with Crippen molar-refractivity contribution in [3.8, 4) is 16.7 Å². The van der Waals surface area contributed by atoms with Crippen molar-refractivity contribution in [2.24, 2.45) is 0 Å². The van der Waals surface area contributed by atoms with Gasteiger partial charge in [-0.15, -0.1) is 11.3 Å². The van der Waals surface area contributed by atoms with E-state index in [9.17, 15) is 0 Å². The fourth-order valence-electron chi connectivity index (χ4n) is 1.14. The van der Waals surface area contributed by atoms with Crippen LogP contribution in [-0.4, -0.2) is 22.1 Å². The molecule has 0 aromatic carbocycles. The summed E-state index contributed by atoms with van der Waals surface area (Å²) < 4.78 is 5.28. The van der Waals surface area contributed by atoms with Crippen LogP contribution < -0.4 is 4.74 Å². The molecular weight excluding hydrogens is 230 g/mol. The predicted molar refractivity (Wildman–Crippen MR) is 61.8 cm³/mol. The van der Waals surface area contributed by atoms with Crippen LogP contribution in [-0.2, 0) is 0 Å². The Morgan fingerprint density at radius 1 is 1.40 bits per heavy atom. The third-order valence-electron chi connectivity index (χ3n) is 1.80. The zero-order valence-corrected chi connectivity index (χ0v) is 9.91. The second kappa shape index (κ2) is 4.08. The highest BCUT2D eigenvalue weighted by molar-refractivity contribution is 7.71. The first-order chi connectivity index (χ1) is 7.19. The van der Waals surface area contributed by atoms with E-state index in [2.05, 4.69) is 15.0 Å². The Kier molecular flexibility index (Phi) is 2.79. The maximum absolute atomic E-state index is 5.00. The molecule has 0 fully saturated rings. The van der Waals surface area contributed by atoms with Gasteiger partial charge in [0.15, 0.2) is 5.82 Å². The number of H-pyrrole nitrogens is 1. The summed E-state index contributed by atoms with van der Waals surface area (Å²) in [6, 6.07) is 4.41. The average Bonchev–Trinajstić information content (AvgIpc) is 2.64. The third-order valence-corrected chi connectivity index (χ3v) is 2.99. The predicted octanol–water partition coefficient (Wildman–Crippen LogP) is 2.58. The average molecular weight is 239 g/mol. The quantitative estimate of drug-likeness (QED) is 0.818. The van der Waals surface area contributed by atoms with Crippen LogP contribution in [0.1, 0.15) is 4.88 Å². The van der Waals surface area contributed by atoms with Gasteiger partial charge in [0, 0.05) is 4.88 Å². The van der Waals surface area contributed by atoms with E-state index < -0.39 is 0 Å². The number of aromatic nitrogens is 3. The molecule has 0 bridgehead atoms. The van der Waals surface area contributed by atoms with E-state index in [1.807, 2.05) is 19.1 Å². The molecule has 0 radical (unpaired) electrons. The van der Waals surface area contributed by atoms with E-state index in [1.54, 1.807) is 11.3 Å². The molecule has 0 unspecified atom stereocenters. The fraction of sp³-hybridized carbons (Fsp3) is 0.222. The summed E-state index contributed by atoms with van der Waals surface area (Å²) in [5, 5.41) is 0. The van der Waals surface area contributed by atoms with Gasteiger partial charge in [0.2, 0.25) is 4.77 Å². The molecule has 4 nitrogen and oxygen atoms in total. The Labute approximate surface area is 96.0 Å². The lowest BCUT2D eigenvalue weighted by atomic mass is 10.4. The number of aromatic amines is 1. The lowest BCUT2D eigenvalue weighted by molar-refractivity contribution is 0.378. The standard InChI is InChI=1S/C9H9N3OS2/c1-5-3-4-6(15-5)7-10-8(13-2)12-9(14)11-7/h3-4H,1-2H3,(H,10,11,12,14). The number of methoxy groups -OCH3 is 1. The second-order valence-electron chi connectivity index (χ2n) is 2.90. The van der Waals surface area contributed by atoms with Crippen LogP contribution in [0.5, 0.6) is 6.01 Å². The topological polar surface area (TPSA) is 50.8 Å². The lowest BCUT2D eigenvalue weighted by Crippen LogP contribution is -1.96. The summed E-state index contributed by atoms with van der Waals surface area (Å²) in [4.78, 5) is 13.3. The summed E-state index contributed by atoms with van der Waals surface area (Å²) in [5.74, 6) is 0.699. The molecule has 2 aromatic rings. The van der Waals surface area contributed by atoms with E-state index >= 15 is 0 Å². The molecule has 0 saturated heterocycles. The number of thiophene rings is 1. The number of nitrogens with zero attached hydrogens (tertiary/aromatic N) is 2. The number of aryl methyl sites for hydroxylation is 1. The number of hydrogen-bond donors (Lipinski definition) is 1. The first kappa shape index (κ1) is 10.3. The van der Waals surface area contributed by atoms with Gasteiger partial charge in [-0.2, -0.15) is 9.97 Å². The fourth-order valence-corrected chi connectivity index (χ4v) is 2.13. The maximum Gasteiger partial charge on any atom is 0.297 e. The van der Waals surface area contributed by atoms with Gasteiger partial charge in [-0.3, -0.25) is 4.98 Å². The van der Waals surface area contributed by atoms with Gasteiger partial charge in [-0.25, -0.2) is 0 Å². The normalized spacial score (nSPS) is 10.3. The van der Waals surface area contributed by atoms with Gasteiger partial charge in [0.1, 0.15) is 0 Å². The Balaban J connectivity index is 2.53. The Morgan fingerprint density at radius 3 is 2.80 bits per heavy atom. The van der Waals surface area contributed by atoms with E-state index in [0.29, 0.717) is 11.8 Å². The highest BCUT2D eigenvalue weighted by Crippen LogP contribution is 2.24. The summed E-state index contributed by atoms with van der Waals surface area (Å²) in [6.07, 6.45) is 0. The van der Waals surface area contributed by atoms with Crippen LogP contribution in [0.3, 0.4) is 0 Å². The monoisotopic (exact) mass is 239 g/mol. The van der Waals surface area contributed by atoms with Gasteiger partial charge in [0.25, 0.3) is 6.01 Å². The number of hydrogen-bond acceptors (Lipinski definition) is 5. The number of rotatable bonds is 2. The molecule has 0 aliphatic heterocycles. The van der Waals surface area contributed by atoms with Crippen molar-refractivity contribution in [2.75, 3.05) is 7.11 Å². The SMILES string of the molecule is COc1nc(=S)nc(-c2ccc(C)s2)[nH]1. The minimum Gasteiger partial charge on any atom is -0.468 e. The van der Waals surface area contributed by atoms with Crippen LogP contribution >= 0.6 is 23.6 Å². The minimum atomic E-state index is 0.284. The smallest absolute Gasteiger partial charge is 0.297 e. The number of ether oxygens (including phenoxy) is 1. The van der Waals surface area contributed by atoms with E-state index in [4.69, 9.17) is 17.0 Å². The highest BCUT2D eigenvalue weighted by atomic mass is 32.1. The highest BCUT2D eigenvalue weighted by Gasteiger charge is 2.05. The molecule has 78 valence electrons. The molecule has 0 aliphatic rings. The van der Waals surface area contributed by atoms with Crippen molar-refractivity contribution in [1.29, 1.82) is 0 Å². The van der Waals surface area contributed by atoms with Crippen molar-refractivity contribution in [3.63, 3.8) is 0 Å². The molecule has 0 atom stereocenters. The Morgan fingerprint density at radius 2 is 2.20 bits per heavy atom. The van der Waals surface area contributed by atoms with Gasteiger partial charge < -0.3 is 4.74 Å². The molecule has 2 aromatic heterocycles.